The Kier molecular flexibility index (Phi) is 6.39. The fourth-order valence-corrected chi connectivity index (χ4v) is 3.83. The third-order valence-electron chi connectivity index (χ3n) is 5.44. The predicted molar refractivity (Wildman–Crippen MR) is 124 cm³/mol. The minimum Gasteiger partial charge on any atom is -0.489 e. The van der Waals surface area contributed by atoms with Crippen molar-refractivity contribution in [2.24, 2.45) is 0 Å². The van der Waals surface area contributed by atoms with E-state index in [1.165, 1.54) is 0 Å². The van der Waals surface area contributed by atoms with Crippen LogP contribution in [0, 0.1) is 20.8 Å². The van der Waals surface area contributed by atoms with Crippen LogP contribution < -0.4 is 15.4 Å². The maximum atomic E-state index is 13.1. The van der Waals surface area contributed by atoms with Crippen molar-refractivity contribution in [3.63, 3.8) is 0 Å². The molecule has 1 saturated heterocycles. The fourth-order valence-electron chi connectivity index (χ4n) is 3.83. The first-order valence-corrected chi connectivity index (χ1v) is 10.4. The Labute approximate surface area is 188 Å². The van der Waals surface area contributed by atoms with Gasteiger partial charge >= 0.3 is 6.03 Å². The lowest BCUT2D eigenvalue weighted by Crippen LogP contribution is -2.42. The molecule has 32 heavy (non-hydrogen) atoms. The van der Waals surface area contributed by atoms with E-state index in [9.17, 15) is 14.4 Å². The highest BCUT2D eigenvalue weighted by atomic mass is 16.5. The van der Waals surface area contributed by atoms with Crippen LogP contribution in [0.25, 0.3) is 0 Å². The molecule has 1 fully saturated rings. The zero-order chi connectivity index (χ0) is 23.6. The number of urea groups is 1. The molecular weight excluding hydrogens is 406 g/mol. The van der Waals surface area contributed by atoms with Crippen molar-refractivity contribution >= 4 is 23.5 Å². The van der Waals surface area contributed by atoms with Crippen molar-refractivity contribution in [2.45, 2.75) is 40.2 Å². The van der Waals surface area contributed by atoms with Gasteiger partial charge < -0.3 is 15.4 Å². The number of anilines is 1. The number of imide groups is 1. The smallest absolute Gasteiger partial charge is 0.325 e. The van der Waals surface area contributed by atoms with Gasteiger partial charge in [-0.15, -0.1) is 0 Å². The van der Waals surface area contributed by atoms with Crippen molar-refractivity contribution in [1.29, 1.82) is 0 Å². The average molecular weight is 436 g/mol. The molecular formula is C25H29N3O4. The van der Waals surface area contributed by atoms with Crippen molar-refractivity contribution in [1.82, 2.24) is 10.2 Å². The normalized spacial score (nSPS) is 17.8. The van der Waals surface area contributed by atoms with Gasteiger partial charge in [-0.05, 0) is 69.0 Å². The Morgan fingerprint density at radius 2 is 1.72 bits per heavy atom. The lowest BCUT2D eigenvalue weighted by molar-refractivity contribution is -0.133. The number of nitrogens with zero attached hydrogens (tertiary/aromatic N) is 1. The van der Waals surface area contributed by atoms with Gasteiger partial charge in [0.1, 0.15) is 24.4 Å². The summed E-state index contributed by atoms with van der Waals surface area (Å²) in [5.74, 6) is -0.279. The molecule has 3 rings (SSSR count). The van der Waals surface area contributed by atoms with Crippen molar-refractivity contribution < 1.29 is 19.1 Å². The van der Waals surface area contributed by atoms with Crippen LogP contribution in [0.1, 0.15) is 36.1 Å². The Morgan fingerprint density at radius 3 is 2.28 bits per heavy atom. The molecule has 2 aromatic carbocycles. The summed E-state index contributed by atoms with van der Waals surface area (Å²) in [6, 6.07) is 10.3. The minimum atomic E-state index is -1.26. The van der Waals surface area contributed by atoms with Gasteiger partial charge in [-0.25, -0.2) is 4.79 Å². The van der Waals surface area contributed by atoms with E-state index in [1.54, 1.807) is 31.2 Å². The van der Waals surface area contributed by atoms with E-state index in [4.69, 9.17) is 4.74 Å². The molecule has 1 aliphatic rings. The zero-order valence-corrected chi connectivity index (χ0v) is 19.2. The van der Waals surface area contributed by atoms with Crippen molar-refractivity contribution in [3.8, 4) is 5.75 Å². The lowest BCUT2D eigenvalue weighted by atomic mass is 9.92. The summed E-state index contributed by atoms with van der Waals surface area (Å²) in [7, 11) is 0. The van der Waals surface area contributed by atoms with Gasteiger partial charge in [0.05, 0.1) is 0 Å². The highest BCUT2D eigenvalue weighted by molar-refractivity contribution is 6.10. The summed E-state index contributed by atoms with van der Waals surface area (Å²) < 4.78 is 5.59. The molecule has 0 aromatic heterocycles. The molecule has 7 nitrogen and oxygen atoms in total. The summed E-state index contributed by atoms with van der Waals surface area (Å²) in [5, 5.41) is 5.55. The summed E-state index contributed by atoms with van der Waals surface area (Å²) in [4.78, 5) is 39.3. The van der Waals surface area contributed by atoms with E-state index in [0.29, 0.717) is 23.6 Å². The van der Waals surface area contributed by atoms with E-state index in [-0.39, 0.29) is 6.54 Å². The Hall–Kier alpha value is -3.61. The Balaban J connectivity index is 1.72. The SMILES string of the molecule is C=C(C)COc1ccc(C2(C)NC(=O)N(CC(=O)Nc3c(C)cc(C)cc3C)C2=O)cc1. The molecule has 0 saturated carbocycles. The van der Waals surface area contributed by atoms with E-state index in [1.807, 2.05) is 39.8 Å². The number of carbonyl (C=O) groups excluding carboxylic acids is 3. The van der Waals surface area contributed by atoms with E-state index in [2.05, 4.69) is 17.2 Å². The largest absolute Gasteiger partial charge is 0.489 e. The first-order valence-electron chi connectivity index (χ1n) is 10.4. The molecule has 7 heteroatoms. The summed E-state index contributed by atoms with van der Waals surface area (Å²) in [6.07, 6.45) is 0. The van der Waals surface area contributed by atoms with Gasteiger partial charge in [0.15, 0.2) is 0 Å². The number of carbonyl (C=O) groups is 3. The molecule has 2 N–H and O–H groups in total. The first kappa shape index (κ1) is 23.1. The van der Waals surface area contributed by atoms with Crippen LogP contribution in [0.2, 0.25) is 0 Å². The minimum absolute atomic E-state index is 0.368. The number of nitrogens with one attached hydrogen (secondary N) is 2. The maximum absolute atomic E-state index is 13.1. The van der Waals surface area contributed by atoms with Crippen LogP contribution in [0.3, 0.4) is 0 Å². The molecule has 0 aliphatic carbocycles. The molecule has 1 heterocycles. The Morgan fingerprint density at radius 1 is 1.12 bits per heavy atom. The Bertz CT molecular complexity index is 1070. The van der Waals surface area contributed by atoms with E-state index >= 15 is 0 Å². The van der Waals surface area contributed by atoms with Gasteiger partial charge in [0.25, 0.3) is 5.91 Å². The second-order valence-corrected chi connectivity index (χ2v) is 8.54. The number of benzene rings is 2. The number of hydrogen-bond donors (Lipinski definition) is 2. The van der Waals surface area contributed by atoms with Gasteiger partial charge in [-0.2, -0.15) is 0 Å². The third kappa shape index (κ3) is 4.66. The molecule has 0 spiro atoms. The molecule has 0 bridgehead atoms. The second kappa shape index (κ2) is 8.86. The average Bonchev–Trinajstić information content (AvgIpc) is 2.93. The number of ether oxygens (including phenoxy) is 1. The van der Waals surface area contributed by atoms with E-state index < -0.39 is 23.4 Å². The van der Waals surface area contributed by atoms with Crippen LogP contribution in [0.5, 0.6) is 5.75 Å². The summed E-state index contributed by atoms with van der Waals surface area (Å²) in [6.45, 7) is 13.1. The van der Waals surface area contributed by atoms with Gasteiger partial charge in [0, 0.05) is 5.69 Å². The van der Waals surface area contributed by atoms with Crippen LogP contribution in [-0.4, -0.2) is 35.9 Å². The van der Waals surface area contributed by atoms with Crippen LogP contribution in [0.4, 0.5) is 10.5 Å². The molecule has 0 radical (unpaired) electrons. The quantitative estimate of drug-likeness (QED) is 0.509. The predicted octanol–water partition coefficient (Wildman–Crippen LogP) is 3.97. The topological polar surface area (TPSA) is 87.7 Å². The van der Waals surface area contributed by atoms with Gasteiger partial charge in [-0.1, -0.05) is 36.4 Å². The molecule has 1 unspecified atom stereocenters. The number of hydrogen-bond acceptors (Lipinski definition) is 4. The number of aryl methyl sites for hydroxylation is 3. The zero-order valence-electron chi connectivity index (χ0n) is 19.2. The monoisotopic (exact) mass is 435 g/mol. The second-order valence-electron chi connectivity index (χ2n) is 8.54. The molecule has 4 amide bonds. The van der Waals surface area contributed by atoms with Crippen LogP contribution >= 0.6 is 0 Å². The van der Waals surface area contributed by atoms with E-state index in [0.717, 1.165) is 27.2 Å². The number of rotatable bonds is 7. The molecule has 168 valence electrons. The third-order valence-corrected chi connectivity index (χ3v) is 5.44. The molecule has 1 aliphatic heterocycles. The van der Waals surface area contributed by atoms with Crippen molar-refractivity contribution in [3.05, 3.63) is 70.8 Å². The maximum Gasteiger partial charge on any atom is 0.325 e. The highest BCUT2D eigenvalue weighted by Gasteiger charge is 2.49. The van der Waals surface area contributed by atoms with Gasteiger partial charge in [0.2, 0.25) is 5.91 Å². The lowest BCUT2D eigenvalue weighted by Gasteiger charge is -2.22. The summed E-state index contributed by atoms with van der Waals surface area (Å²) in [5.41, 5.74) is 3.87. The molecule has 2 aromatic rings. The standard InChI is InChI=1S/C25H29N3O4/c1-15(2)14-32-20-9-7-19(8-10-20)25(6)23(30)28(24(31)27-25)13-21(29)26-22-17(4)11-16(3)12-18(22)5/h7-12H,1,13-14H2,2-6H3,(H,26,29)(H,27,31). The summed E-state index contributed by atoms with van der Waals surface area (Å²) >= 11 is 0. The first-order chi connectivity index (χ1) is 15.0. The van der Waals surface area contributed by atoms with Crippen LogP contribution in [0.15, 0.2) is 48.6 Å². The highest BCUT2D eigenvalue weighted by Crippen LogP contribution is 2.30. The van der Waals surface area contributed by atoms with Gasteiger partial charge in [-0.3, -0.25) is 14.5 Å². The number of amides is 4. The molecule has 1 atom stereocenters. The van der Waals surface area contributed by atoms with Crippen LogP contribution in [-0.2, 0) is 15.1 Å². The fraction of sp³-hybridized carbons (Fsp3) is 0.320. The van der Waals surface area contributed by atoms with Crippen molar-refractivity contribution in [2.75, 3.05) is 18.5 Å².